The minimum Gasteiger partial charge on any atom is -0.384 e. The van der Waals surface area contributed by atoms with Gasteiger partial charge in [0.25, 0.3) is 0 Å². The highest BCUT2D eigenvalue weighted by Gasteiger charge is 2.13. The molecule has 0 unspecified atom stereocenters. The summed E-state index contributed by atoms with van der Waals surface area (Å²) in [5.74, 6) is 1.50. The topological polar surface area (TPSA) is 86.1 Å². The van der Waals surface area contributed by atoms with E-state index in [4.69, 9.17) is 23.2 Å². The zero-order chi connectivity index (χ0) is 23.8. The zero-order valence-corrected chi connectivity index (χ0v) is 20.3. The summed E-state index contributed by atoms with van der Waals surface area (Å²) >= 11 is 11.7. The lowest BCUT2D eigenvalue weighted by Crippen LogP contribution is -2.28. The van der Waals surface area contributed by atoms with E-state index in [9.17, 15) is 0 Å². The maximum atomic E-state index is 5.89. The molecule has 0 radical (unpaired) electrons. The number of hydrogen-bond donors (Lipinski definition) is 3. The fourth-order valence-corrected chi connectivity index (χ4v) is 3.06. The molecule has 0 saturated heterocycles. The second-order valence-electron chi connectivity index (χ2n) is 6.63. The Morgan fingerprint density at radius 3 is 2.56 bits per heavy atom. The predicted molar refractivity (Wildman–Crippen MR) is 139 cm³/mol. The van der Waals surface area contributed by atoms with Crippen LogP contribution < -0.4 is 16.0 Å². The summed E-state index contributed by atoms with van der Waals surface area (Å²) in [6.45, 7) is 17.9. The lowest BCUT2D eigenvalue weighted by molar-refractivity contribution is 0.671. The monoisotopic (exact) mass is 477 g/mol. The molecular weight excluding hydrogens is 445 g/mol. The fraction of sp³-hybridized carbons (Fsp3) is 0.391. The van der Waals surface area contributed by atoms with E-state index < -0.39 is 0 Å². The van der Waals surface area contributed by atoms with Crippen molar-refractivity contribution in [3.8, 4) is 0 Å². The first-order valence-corrected chi connectivity index (χ1v) is 11.4. The first-order valence-electron chi connectivity index (χ1n) is 10.5. The standard InChI is InChI=1S/C21H29Cl2N7.C2H4/c1-4-10-25-15(2)20(29-14-22)21(24-3)26-11-6-5-7-19-28-13-18(30-19)17-9-8-16(23)12-27-17;1-2/h8-9,12,25-26,29H,2-7,10-11,13-14H2,1H3;1-2H2/b21-20+;. The molecule has 1 aliphatic heterocycles. The minimum atomic E-state index is 0.255. The van der Waals surface area contributed by atoms with Crippen LogP contribution in [0.4, 0.5) is 0 Å². The molecule has 1 aliphatic rings. The van der Waals surface area contributed by atoms with Gasteiger partial charge in [-0.2, -0.15) is 0 Å². The normalized spacial score (nSPS) is 13.1. The number of unbranched alkanes of at least 4 members (excludes halogenated alkanes) is 1. The second kappa shape index (κ2) is 16.1. The van der Waals surface area contributed by atoms with E-state index >= 15 is 0 Å². The Morgan fingerprint density at radius 2 is 1.94 bits per heavy atom. The molecule has 0 amide bonds. The van der Waals surface area contributed by atoms with Crippen molar-refractivity contribution in [2.75, 3.05) is 25.6 Å². The third kappa shape index (κ3) is 9.24. The molecule has 0 fully saturated rings. The summed E-state index contributed by atoms with van der Waals surface area (Å²) in [5.41, 5.74) is 3.18. The van der Waals surface area contributed by atoms with E-state index in [-0.39, 0.29) is 6.00 Å². The Kier molecular flexibility index (Phi) is 13.7. The third-order valence-electron chi connectivity index (χ3n) is 4.35. The van der Waals surface area contributed by atoms with Crippen LogP contribution in [0, 0.1) is 0 Å². The Hall–Kier alpha value is -2.64. The van der Waals surface area contributed by atoms with Gasteiger partial charge < -0.3 is 16.0 Å². The highest BCUT2D eigenvalue weighted by Crippen LogP contribution is 2.12. The number of amidine groups is 1. The number of rotatable bonds is 14. The average Bonchev–Trinajstić information content (AvgIpc) is 3.29. The van der Waals surface area contributed by atoms with Gasteiger partial charge in [0.2, 0.25) is 0 Å². The van der Waals surface area contributed by atoms with Crippen LogP contribution in [0.5, 0.6) is 0 Å². The van der Waals surface area contributed by atoms with Crippen molar-refractivity contribution >= 4 is 41.5 Å². The van der Waals surface area contributed by atoms with E-state index in [1.165, 1.54) is 0 Å². The molecule has 2 heterocycles. The lowest BCUT2D eigenvalue weighted by Gasteiger charge is -2.17. The van der Waals surface area contributed by atoms with Crippen LogP contribution in [0.2, 0.25) is 5.02 Å². The molecule has 1 aromatic rings. The highest BCUT2D eigenvalue weighted by atomic mass is 35.5. The SMILES string of the molecule is C=C.C=N/C(NCCCCC1=NCC(c2ccc(Cl)cn2)=N1)=C(\NCCl)C(=C)NCCC. The minimum absolute atomic E-state index is 0.255. The number of aromatic nitrogens is 1. The van der Waals surface area contributed by atoms with Crippen molar-refractivity contribution in [3.05, 3.63) is 66.0 Å². The van der Waals surface area contributed by atoms with E-state index in [0.29, 0.717) is 17.4 Å². The largest absolute Gasteiger partial charge is 0.384 e. The smallest absolute Gasteiger partial charge is 0.150 e. The Bertz CT molecular complexity index is 829. The summed E-state index contributed by atoms with van der Waals surface area (Å²) in [6.07, 6.45) is 5.33. The summed E-state index contributed by atoms with van der Waals surface area (Å²) in [4.78, 5) is 17.5. The van der Waals surface area contributed by atoms with Crippen molar-refractivity contribution in [1.29, 1.82) is 0 Å². The van der Waals surface area contributed by atoms with Gasteiger partial charge in [0.05, 0.1) is 34.7 Å². The van der Waals surface area contributed by atoms with Crippen molar-refractivity contribution < 1.29 is 0 Å². The van der Waals surface area contributed by atoms with E-state index in [1.807, 2.05) is 12.1 Å². The van der Waals surface area contributed by atoms with Gasteiger partial charge >= 0.3 is 0 Å². The van der Waals surface area contributed by atoms with Crippen LogP contribution in [0.1, 0.15) is 38.3 Å². The third-order valence-corrected chi connectivity index (χ3v) is 4.70. The molecule has 9 heteroatoms. The van der Waals surface area contributed by atoms with Gasteiger partial charge in [0.1, 0.15) is 11.5 Å². The molecule has 32 heavy (non-hydrogen) atoms. The van der Waals surface area contributed by atoms with Gasteiger partial charge in [-0.25, -0.2) is 9.98 Å². The summed E-state index contributed by atoms with van der Waals surface area (Å²) in [6, 6.07) is 3.94. The van der Waals surface area contributed by atoms with E-state index in [1.54, 1.807) is 6.20 Å². The molecule has 0 saturated carbocycles. The quantitative estimate of drug-likeness (QED) is 0.0906. The molecule has 0 aliphatic carbocycles. The number of pyridine rings is 1. The van der Waals surface area contributed by atoms with Crippen molar-refractivity contribution in [2.45, 2.75) is 32.6 Å². The summed E-state index contributed by atoms with van der Waals surface area (Å²) in [7, 11) is 0. The summed E-state index contributed by atoms with van der Waals surface area (Å²) in [5, 5.41) is 10.3. The van der Waals surface area contributed by atoms with Gasteiger partial charge in [-0.1, -0.05) is 25.1 Å². The molecule has 2 rings (SSSR count). The van der Waals surface area contributed by atoms with Crippen molar-refractivity contribution in [3.63, 3.8) is 0 Å². The molecule has 174 valence electrons. The summed E-state index contributed by atoms with van der Waals surface area (Å²) < 4.78 is 0. The number of alkyl halides is 1. The predicted octanol–water partition coefficient (Wildman–Crippen LogP) is 4.67. The maximum absolute atomic E-state index is 5.89. The second-order valence-corrected chi connectivity index (χ2v) is 7.34. The molecular formula is C23H33Cl2N7. The Labute approximate surface area is 201 Å². The van der Waals surface area contributed by atoms with Crippen LogP contribution >= 0.6 is 23.2 Å². The average molecular weight is 478 g/mol. The zero-order valence-electron chi connectivity index (χ0n) is 18.8. The Morgan fingerprint density at radius 1 is 1.16 bits per heavy atom. The van der Waals surface area contributed by atoms with Crippen LogP contribution in [0.3, 0.4) is 0 Å². The number of aliphatic imine (C=N–C) groups is 3. The molecule has 0 spiro atoms. The van der Waals surface area contributed by atoms with Crippen molar-refractivity contribution in [2.24, 2.45) is 15.0 Å². The first kappa shape index (κ1) is 27.4. The van der Waals surface area contributed by atoms with Crippen LogP contribution in [0.25, 0.3) is 0 Å². The number of halogens is 2. The fourth-order valence-electron chi connectivity index (χ4n) is 2.82. The molecule has 0 atom stereocenters. The van der Waals surface area contributed by atoms with Crippen LogP contribution in [0.15, 0.2) is 70.3 Å². The number of nitrogens with one attached hydrogen (secondary N) is 3. The van der Waals surface area contributed by atoms with Crippen LogP contribution in [-0.4, -0.2) is 48.9 Å². The van der Waals surface area contributed by atoms with Gasteiger partial charge in [-0.3, -0.25) is 9.98 Å². The van der Waals surface area contributed by atoms with E-state index in [0.717, 1.165) is 67.4 Å². The van der Waals surface area contributed by atoms with Gasteiger partial charge in [-0.05, 0) is 38.1 Å². The number of hydrogen-bond acceptors (Lipinski definition) is 7. The van der Waals surface area contributed by atoms with Gasteiger partial charge in [-0.15, -0.1) is 24.8 Å². The van der Waals surface area contributed by atoms with E-state index in [2.05, 4.69) is 69.3 Å². The molecule has 3 N–H and O–H groups in total. The highest BCUT2D eigenvalue weighted by molar-refractivity contribution is 6.30. The molecule has 0 bridgehead atoms. The molecule has 7 nitrogen and oxygen atoms in total. The first-order chi connectivity index (χ1) is 15.6. The van der Waals surface area contributed by atoms with Gasteiger partial charge in [0.15, 0.2) is 5.82 Å². The number of nitrogens with zero attached hydrogens (tertiary/aromatic N) is 4. The molecule has 1 aromatic heterocycles. The van der Waals surface area contributed by atoms with Crippen LogP contribution in [-0.2, 0) is 0 Å². The lowest BCUT2D eigenvalue weighted by atomic mass is 10.2. The maximum Gasteiger partial charge on any atom is 0.150 e. The molecule has 0 aromatic carbocycles. The van der Waals surface area contributed by atoms with Gasteiger partial charge in [0, 0.05) is 25.7 Å². The van der Waals surface area contributed by atoms with Crippen molar-refractivity contribution in [1.82, 2.24) is 20.9 Å². The Balaban J connectivity index is 0.00000249.